The molecule has 1 atom stereocenters. The number of rotatable bonds is 16. The summed E-state index contributed by atoms with van der Waals surface area (Å²) >= 11 is 0. The minimum absolute atomic E-state index is 0.00582. The average molecular weight is 619 g/mol. The molecular weight excluding hydrogens is 580 g/mol. The topological polar surface area (TPSA) is 114 Å². The molecular formula is C38H38N2O6. The zero-order valence-corrected chi connectivity index (χ0v) is 25.5. The van der Waals surface area contributed by atoms with E-state index in [0.717, 1.165) is 16.7 Å². The van der Waals surface area contributed by atoms with E-state index in [9.17, 15) is 15.0 Å². The molecule has 0 aliphatic carbocycles. The number of ether oxygens (including phenoxy) is 3. The maximum Gasteiger partial charge on any atom is 0.252 e. The second-order valence-electron chi connectivity index (χ2n) is 10.9. The van der Waals surface area contributed by atoms with E-state index in [1.54, 1.807) is 6.07 Å². The Morgan fingerprint density at radius 2 is 1.22 bits per heavy atom. The molecule has 5 rings (SSSR count). The number of hydrogen-bond acceptors (Lipinski definition) is 7. The van der Waals surface area contributed by atoms with Crippen molar-refractivity contribution in [3.8, 4) is 23.0 Å². The van der Waals surface area contributed by atoms with Gasteiger partial charge in [-0.3, -0.25) is 9.69 Å². The van der Waals surface area contributed by atoms with Gasteiger partial charge in [0.15, 0.2) is 0 Å². The van der Waals surface area contributed by atoms with Gasteiger partial charge < -0.3 is 30.2 Å². The van der Waals surface area contributed by atoms with Crippen LogP contribution in [0.25, 0.3) is 0 Å². The lowest BCUT2D eigenvalue weighted by molar-refractivity contribution is 0.0973. The van der Waals surface area contributed by atoms with Crippen LogP contribution in [-0.4, -0.2) is 40.7 Å². The predicted molar refractivity (Wildman–Crippen MR) is 177 cm³/mol. The van der Waals surface area contributed by atoms with Crippen molar-refractivity contribution in [3.05, 3.63) is 155 Å². The highest BCUT2D eigenvalue weighted by Crippen LogP contribution is 2.29. The Bertz CT molecular complexity index is 1620. The van der Waals surface area contributed by atoms with Crippen molar-refractivity contribution >= 4 is 5.91 Å². The molecule has 5 aromatic rings. The molecule has 0 saturated carbocycles. The van der Waals surface area contributed by atoms with E-state index in [4.69, 9.17) is 19.9 Å². The Kier molecular flexibility index (Phi) is 11.3. The van der Waals surface area contributed by atoms with E-state index in [1.807, 2.05) is 109 Å². The molecule has 0 radical (unpaired) electrons. The van der Waals surface area contributed by atoms with Gasteiger partial charge in [-0.15, -0.1) is 0 Å². The molecule has 4 N–H and O–H groups in total. The number of aliphatic hydroxyl groups excluding tert-OH is 1. The number of amides is 1. The SMILES string of the molecule is NC(=O)c1cc(OCCN(Cc2ccccc2)CC(O)c2cc(OCc3ccccc3)cc(OCc3ccccc3)c2)ccc1O. The van der Waals surface area contributed by atoms with Gasteiger partial charge >= 0.3 is 0 Å². The number of nitrogens with two attached hydrogens (primary N) is 1. The summed E-state index contributed by atoms with van der Waals surface area (Å²) in [6.07, 6.45) is -0.863. The van der Waals surface area contributed by atoms with Crippen molar-refractivity contribution in [2.45, 2.75) is 25.9 Å². The van der Waals surface area contributed by atoms with Crippen molar-refractivity contribution in [3.63, 3.8) is 0 Å². The van der Waals surface area contributed by atoms with Crippen LogP contribution in [0.15, 0.2) is 127 Å². The smallest absolute Gasteiger partial charge is 0.252 e. The molecule has 8 heteroatoms. The number of benzene rings is 5. The number of nitrogens with zero attached hydrogens (tertiary/aromatic N) is 1. The molecule has 0 spiro atoms. The molecule has 0 fully saturated rings. The molecule has 236 valence electrons. The summed E-state index contributed by atoms with van der Waals surface area (Å²) in [4.78, 5) is 13.7. The van der Waals surface area contributed by atoms with Crippen molar-refractivity contribution in [2.24, 2.45) is 5.73 Å². The highest BCUT2D eigenvalue weighted by molar-refractivity contribution is 5.95. The number of primary amides is 1. The number of phenols is 1. The summed E-state index contributed by atoms with van der Waals surface area (Å²) in [5, 5.41) is 21.5. The zero-order valence-electron chi connectivity index (χ0n) is 25.5. The summed E-state index contributed by atoms with van der Waals surface area (Å²) in [5.41, 5.74) is 9.18. The minimum atomic E-state index is -0.863. The first-order valence-electron chi connectivity index (χ1n) is 15.1. The van der Waals surface area contributed by atoms with Crippen molar-refractivity contribution < 1.29 is 29.2 Å². The number of carbonyl (C=O) groups is 1. The second-order valence-corrected chi connectivity index (χ2v) is 10.9. The molecule has 0 aromatic heterocycles. The first-order chi connectivity index (χ1) is 22.4. The van der Waals surface area contributed by atoms with Crippen LogP contribution in [0.5, 0.6) is 23.0 Å². The molecule has 0 aliphatic heterocycles. The maximum atomic E-state index is 11.6. The third kappa shape index (κ3) is 9.59. The van der Waals surface area contributed by atoms with E-state index < -0.39 is 12.0 Å². The van der Waals surface area contributed by atoms with E-state index in [0.29, 0.717) is 55.7 Å². The number of carbonyl (C=O) groups excluding carboxylic acids is 1. The van der Waals surface area contributed by atoms with E-state index in [1.165, 1.54) is 12.1 Å². The minimum Gasteiger partial charge on any atom is -0.507 e. The fourth-order valence-electron chi connectivity index (χ4n) is 4.96. The molecule has 0 aliphatic rings. The van der Waals surface area contributed by atoms with Crippen LogP contribution in [-0.2, 0) is 19.8 Å². The zero-order chi connectivity index (χ0) is 32.1. The Morgan fingerprint density at radius 3 is 1.76 bits per heavy atom. The Hall–Kier alpha value is -5.31. The first kappa shape index (κ1) is 32.1. The molecule has 1 unspecified atom stereocenters. The lowest BCUT2D eigenvalue weighted by Gasteiger charge is -2.26. The predicted octanol–water partition coefficient (Wildman–Crippen LogP) is 6.26. The quantitative estimate of drug-likeness (QED) is 0.120. The van der Waals surface area contributed by atoms with Gasteiger partial charge in [-0.25, -0.2) is 0 Å². The monoisotopic (exact) mass is 618 g/mol. The van der Waals surface area contributed by atoms with Gasteiger partial charge in [0.05, 0.1) is 11.7 Å². The van der Waals surface area contributed by atoms with Crippen molar-refractivity contribution in [2.75, 3.05) is 19.7 Å². The van der Waals surface area contributed by atoms with Gasteiger partial charge in [-0.1, -0.05) is 91.0 Å². The summed E-state index contributed by atoms with van der Waals surface area (Å²) in [6.45, 7) is 2.38. The van der Waals surface area contributed by atoms with Gasteiger partial charge in [0, 0.05) is 25.7 Å². The third-order valence-electron chi connectivity index (χ3n) is 7.37. The third-order valence-corrected chi connectivity index (χ3v) is 7.37. The van der Waals surface area contributed by atoms with E-state index in [-0.39, 0.29) is 17.9 Å². The van der Waals surface area contributed by atoms with E-state index in [2.05, 4.69) is 4.90 Å². The highest BCUT2D eigenvalue weighted by atomic mass is 16.5. The molecule has 0 bridgehead atoms. The fourth-order valence-corrected chi connectivity index (χ4v) is 4.96. The van der Waals surface area contributed by atoms with Crippen LogP contribution in [0, 0.1) is 0 Å². The molecule has 8 nitrogen and oxygen atoms in total. The Morgan fingerprint density at radius 1 is 0.674 bits per heavy atom. The van der Waals surface area contributed by atoms with Gasteiger partial charge in [0.2, 0.25) is 0 Å². The lowest BCUT2D eigenvalue weighted by atomic mass is 10.1. The van der Waals surface area contributed by atoms with Crippen LogP contribution in [0.2, 0.25) is 0 Å². The van der Waals surface area contributed by atoms with Gasteiger partial charge in [-0.05, 0) is 52.6 Å². The fraction of sp³-hybridized carbons (Fsp3) is 0.184. The normalized spacial score (nSPS) is 11.6. The van der Waals surface area contributed by atoms with E-state index >= 15 is 0 Å². The summed E-state index contributed by atoms with van der Waals surface area (Å²) in [6, 6.07) is 39.7. The molecule has 0 heterocycles. The van der Waals surface area contributed by atoms with Crippen LogP contribution in [0.4, 0.5) is 0 Å². The van der Waals surface area contributed by atoms with Crippen LogP contribution in [0.3, 0.4) is 0 Å². The highest BCUT2D eigenvalue weighted by Gasteiger charge is 2.18. The van der Waals surface area contributed by atoms with Crippen LogP contribution < -0.4 is 19.9 Å². The molecule has 0 saturated heterocycles. The molecule has 1 amide bonds. The van der Waals surface area contributed by atoms with Crippen molar-refractivity contribution in [1.29, 1.82) is 0 Å². The summed E-state index contributed by atoms with van der Waals surface area (Å²) in [7, 11) is 0. The maximum absolute atomic E-state index is 11.6. The number of aromatic hydroxyl groups is 1. The Balaban J connectivity index is 1.32. The molecule has 46 heavy (non-hydrogen) atoms. The largest absolute Gasteiger partial charge is 0.507 e. The van der Waals surface area contributed by atoms with Crippen LogP contribution in [0.1, 0.15) is 38.7 Å². The second kappa shape index (κ2) is 16.1. The summed E-state index contributed by atoms with van der Waals surface area (Å²) < 4.78 is 18.2. The van der Waals surface area contributed by atoms with Gasteiger partial charge in [0.25, 0.3) is 5.91 Å². The van der Waals surface area contributed by atoms with Gasteiger partial charge in [-0.2, -0.15) is 0 Å². The first-order valence-corrected chi connectivity index (χ1v) is 15.1. The Labute approximate surface area is 269 Å². The standard InChI is InChI=1S/C38H38N2O6/c39-38(43)35-23-32(16-17-36(35)41)44-19-18-40(24-28-10-4-1-5-11-28)25-37(42)31-20-33(45-26-29-12-6-2-7-13-29)22-34(21-31)46-27-30-14-8-3-9-15-30/h1-17,20-23,37,41-42H,18-19,24-27H2,(H2,39,43). The molecule has 5 aromatic carbocycles. The number of hydrogen-bond donors (Lipinski definition) is 3. The average Bonchev–Trinajstić information content (AvgIpc) is 3.08. The van der Waals surface area contributed by atoms with Crippen molar-refractivity contribution in [1.82, 2.24) is 4.90 Å². The number of aliphatic hydroxyl groups is 1. The van der Waals surface area contributed by atoms with Gasteiger partial charge in [0.1, 0.15) is 42.8 Å². The van der Waals surface area contributed by atoms with Crippen LogP contribution >= 0.6 is 0 Å². The summed E-state index contributed by atoms with van der Waals surface area (Å²) in [5.74, 6) is 0.669. The lowest BCUT2D eigenvalue weighted by Crippen LogP contribution is -2.32.